The van der Waals surface area contributed by atoms with Crippen LogP contribution in [0.25, 0.3) is 6.08 Å². The van der Waals surface area contributed by atoms with Crippen molar-refractivity contribution in [2.75, 3.05) is 13.1 Å². The molecule has 1 atom stereocenters. The molecule has 0 spiro atoms. The molecule has 0 N–H and O–H groups in total. The van der Waals surface area contributed by atoms with Crippen molar-refractivity contribution in [1.82, 2.24) is 4.90 Å². The Morgan fingerprint density at radius 1 is 0.600 bits per heavy atom. The Morgan fingerprint density at radius 3 is 1.60 bits per heavy atom. The van der Waals surface area contributed by atoms with Crippen LogP contribution in [-0.4, -0.2) is 18.0 Å². The topological polar surface area (TPSA) is 3.24 Å². The molecule has 1 aliphatic carbocycles. The van der Waals surface area contributed by atoms with Gasteiger partial charge in [0.2, 0.25) is 0 Å². The van der Waals surface area contributed by atoms with Gasteiger partial charge in [0.05, 0.1) is 6.04 Å². The highest BCUT2D eigenvalue weighted by Gasteiger charge is 2.22. The smallest absolute Gasteiger partial charge is 0.0540 e. The summed E-state index contributed by atoms with van der Waals surface area (Å²) in [5.41, 5.74) is 2.95. The fourth-order valence-electron chi connectivity index (χ4n) is 4.84. The Morgan fingerprint density at radius 2 is 1.07 bits per heavy atom. The van der Waals surface area contributed by atoms with Gasteiger partial charge in [0.1, 0.15) is 0 Å². The lowest BCUT2D eigenvalue weighted by Gasteiger charge is -2.29. The molecule has 0 radical (unpaired) electrons. The van der Waals surface area contributed by atoms with Gasteiger partial charge in [-0.2, -0.15) is 0 Å². The summed E-state index contributed by atoms with van der Waals surface area (Å²) in [7, 11) is 0. The second kappa shape index (κ2) is 16.6. The molecule has 0 saturated carbocycles. The maximum atomic E-state index is 2.77. The molecule has 0 heterocycles. The highest BCUT2D eigenvalue weighted by molar-refractivity contribution is 5.61. The number of benzene rings is 1. The largest absolute Gasteiger partial charge is 0.293 e. The molecule has 0 amide bonds. The molecule has 1 aromatic rings. The molecule has 0 saturated heterocycles. The SMILES string of the molecule is CCCCCCCCCCN(CCCCCCCCCC)C1C=Cc2ccccc21. The lowest BCUT2D eigenvalue weighted by atomic mass is 10.0. The maximum Gasteiger partial charge on any atom is 0.0540 e. The van der Waals surface area contributed by atoms with E-state index in [4.69, 9.17) is 0 Å². The summed E-state index contributed by atoms with van der Waals surface area (Å²) in [4.78, 5) is 2.77. The van der Waals surface area contributed by atoms with E-state index in [1.807, 2.05) is 0 Å². The Balaban J connectivity index is 1.71. The van der Waals surface area contributed by atoms with Crippen molar-refractivity contribution < 1.29 is 0 Å². The predicted molar refractivity (Wildman–Crippen MR) is 135 cm³/mol. The quantitative estimate of drug-likeness (QED) is 0.205. The van der Waals surface area contributed by atoms with E-state index < -0.39 is 0 Å². The monoisotopic (exact) mass is 411 g/mol. The fourth-order valence-corrected chi connectivity index (χ4v) is 4.84. The van der Waals surface area contributed by atoms with E-state index in [0.717, 1.165) is 0 Å². The van der Waals surface area contributed by atoms with E-state index in [1.165, 1.54) is 127 Å². The highest BCUT2D eigenvalue weighted by atomic mass is 15.1. The Hall–Kier alpha value is -1.08. The van der Waals surface area contributed by atoms with E-state index in [-0.39, 0.29) is 0 Å². The van der Waals surface area contributed by atoms with Gasteiger partial charge in [-0.05, 0) is 37.1 Å². The first kappa shape index (κ1) is 25.2. The van der Waals surface area contributed by atoms with Crippen LogP contribution in [0.3, 0.4) is 0 Å². The number of fused-ring (bicyclic) bond motifs is 1. The lowest BCUT2D eigenvalue weighted by molar-refractivity contribution is 0.222. The third kappa shape index (κ3) is 9.82. The van der Waals surface area contributed by atoms with Gasteiger partial charge in [0.25, 0.3) is 0 Å². The third-order valence-corrected chi connectivity index (χ3v) is 6.76. The van der Waals surface area contributed by atoms with Crippen LogP contribution in [0.5, 0.6) is 0 Å². The van der Waals surface area contributed by atoms with E-state index >= 15 is 0 Å². The van der Waals surface area contributed by atoms with Crippen LogP contribution < -0.4 is 0 Å². The zero-order valence-corrected chi connectivity index (χ0v) is 20.2. The molecule has 1 aromatic carbocycles. The number of hydrogen-bond donors (Lipinski definition) is 0. The molecular weight excluding hydrogens is 362 g/mol. The van der Waals surface area contributed by atoms with Gasteiger partial charge in [-0.3, -0.25) is 4.90 Å². The van der Waals surface area contributed by atoms with Gasteiger partial charge in [-0.1, -0.05) is 140 Å². The first-order valence-corrected chi connectivity index (χ1v) is 13.4. The van der Waals surface area contributed by atoms with Crippen LogP contribution in [-0.2, 0) is 0 Å². The van der Waals surface area contributed by atoms with Crippen LogP contribution in [0.15, 0.2) is 30.3 Å². The molecule has 1 aliphatic rings. The van der Waals surface area contributed by atoms with E-state index in [9.17, 15) is 0 Å². The minimum atomic E-state index is 0.510. The van der Waals surface area contributed by atoms with Crippen molar-refractivity contribution in [3.8, 4) is 0 Å². The average Bonchev–Trinajstić information content (AvgIpc) is 3.20. The van der Waals surface area contributed by atoms with Crippen molar-refractivity contribution in [3.05, 3.63) is 41.5 Å². The molecule has 0 aliphatic heterocycles. The summed E-state index contributed by atoms with van der Waals surface area (Å²) in [6, 6.07) is 9.51. The van der Waals surface area contributed by atoms with Gasteiger partial charge in [0.15, 0.2) is 0 Å². The number of nitrogens with zero attached hydrogens (tertiary/aromatic N) is 1. The van der Waals surface area contributed by atoms with Gasteiger partial charge >= 0.3 is 0 Å². The molecule has 170 valence electrons. The van der Waals surface area contributed by atoms with Gasteiger partial charge in [-0.15, -0.1) is 0 Å². The molecule has 1 heteroatoms. The zero-order chi connectivity index (χ0) is 21.3. The van der Waals surface area contributed by atoms with Gasteiger partial charge in [0, 0.05) is 0 Å². The molecule has 0 fully saturated rings. The molecule has 0 bridgehead atoms. The lowest BCUT2D eigenvalue weighted by Crippen LogP contribution is -2.29. The summed E-state index contributed by atoms with van der Waals surface area (Å²) < 4.78 is 0. The average molecular weight is 412 g/mol. The molecule has 1 nitrogen and oxygen atoms in total. The van der Waals surface area contributed by atoms with E-state index in [1.54, 1.807) is 0 Å². The van der Waals surface area contributed by atoms with Crippen molar-refractivity contribution in [2.24, 2.45) is 0 Å². The highest BCUT2D eigenvalue weighted by Crippen LogP contribution is 2.33. The Kier molecular flexibility index (Phi) is 13.9. The van der Waals surface area contributed by atoms with Crippen molar-refractivity contribution in [3.63, 3.8) is 0 Å². The summed E-state index contributed by atoms with van der Waals surface area (Å²) in [5.74, 6) is 0. The summed E-state index contributed by atoms with van der Waals surface area (Å²) in [6.07, 6.45) is 27.3. The standard InChI is InChI=1S/C29H49N/c1-3-5-7-9-11-13-15-19-25-30(26-20-16-14-12-10-8-6-4-2)29-24-23-27-21-17-18-22-28(27)29/h17-18,21-24,29H,3-16,19-20,25-26H2,1-2H3. The third-order valence-electron chi connectivity index (χ3n) is 6.76. The van der Waals surface area contributed by atoms with Crippen LogP contribution >= 0.6 is 0 Å². The summed E-state index contributed by atoms with van der Waals surface area (Å²) >= 11 is 0. The van der Waals surface area contributed by atoms with Crippen molar-refractivity contribution in [1.29, 1.82) is 0 Å². The zero-order valence-electron chi connectivity index (χ0n) is 20.2. The number of rotatable bonds is 19. The maximum absolute atomic E-state index is 2.77. The first-order chi connectivity index (χ1) is 14.9. The van der Waals surface area contributed by atoms with E-state index in [0.29, 0.717) is 6.04 Å². The molecular formula is C29H49N. The molecule has 30 heavy (non-hydrogen) atoms. The second-order valence-corrected chi connectivity index (χ2v) is 9.42. The minimum absolute atomic E-state index is 0.510. The molecule has 0 aromatic heterocycles. The fraction of sp³-hybridized carbons (Fsp3) is 0.724. The normalized spacial score (nSPS) is 15.2. The van der Waals surface area contributed by atoms with Crippen LogP contribution in [0, 0.1) is 0 Å². The van der Waals surface area contributed by atoms with E-state index in [2.05, 4.69) is 55.2 Å². The minimum Gasteiger partial charge on any atom is -0.293 e. The number of hydrogen-bond acceptors (Lipinski definition) is 1. The predicted octanol–water partition coefficient (Wildman–Crippen LogP) is 9.34. The van der Waals surface area contributed by atoms with Crippen LogP contribution in [0.4, 0.5) is 0 Å². The van der Waals surface area contributed by atoms with Gasteiger partial charge in [-0.25, -0.2) is 0 Å². The first-order valence-electron chi connectivity index (χ1n) is 13.4. The van der Waals surface area contributed by atoms with Crippen molar-refractivity contribution >= 4 is 6.08 Å². The number of unbranched alkanes of at least 4 members (excludes halogenated alkanes) is 14. The Bertz CT molecular complexity index is 541. The Labute approximate surface area is 188 Å². The van der Waals surface area contributed by atoms with Crippen molar-refractivity contribution in [2.45, 2.75) is 123 Å². The summed E-state index contributed by atoms with van der Waals surface area (Å²) in [5, 5.41) is 0. The second-order valence-electron chi connectivity index (χ2n) is 9.42. The van der Waals surface area contributed by atoms with Crippen LogP contribution in [0.2, 0.25) is 0 Å². The molecule has 1 unspecified atom stereocenters. The van der Waals surface area contributed by atoms with Gasteiger partial charge < -0.3 is 0 Å². The van der Waals surface area contributed by atoms with Crippen LogP contribution in [0.1, 0.15) is 134 Å². The summed E-state index contributed by atoms with van der Waals surface area (Å²) in [6.45, 7) is 7.12. The molecule has 2 rings (SSSR count).